The molecule has 2 fully saturated rings. The molecule has 2 aromatic carbocycles. The number of hydrogen-bond donors (Lipinski definition) is 0. The van der Waals surface area contributed by atoms with Gasteiger partial charge in [-0.1, -0.05) is 134 Å². The number of allylic oxidation sites excluding steroid dienone is 12. The van der Waals surface area contributed by atoms with E-state index in [4.69, 9.17) is 0 Å². The second-order valence-corrected chi connectivity index (χ2v) is 13.5. The first kappa shape index (κ1) is 26.1. The summed E-state index contributed by atoms with van der Waals surface area (Å²) in [7, 11) is 0. The Hall–Kier alpha value is -4.30. The Morgan fingerprint density at radius 1 is 0.386 bits per heavy atom. The number of nitrogens with zero attached hydrogens (tertiary/aromatic N) is 2. The lowest BCUT2D eigenvalue weighted by atomic mass is 9.72. The summed E-state index contributed by atoms with van der Waals surface area (Å²) < 4.78 is 0. The molecule has 5 aliphatic carbocycles. The van der Waals surface area contributed by atoms with Crippen molar-refractivity contribution in [3.8, 4) is 0 Å². The highest BCUT2D eigenvalue weighted by atomic mass is 15.3. The molecule has 2 nitrogen and oxygen atoms in total. The second kappa shape index (κ2) is 10.7. The molecule has 2 saturated heterocycles. The molecule has 2 aliphatic heterocycles. The van der Waals surface area contributed by atoms with Crippen LogP contribution in [0.1, 0.15) is 35.8 Å². The van der Waals surface area contributed by atoms with Gasteiger partial charge in [-0.15, -0.1) is 0 Å². The molecule has 0 saturated carbocycles. The predicted octanol–water partition coefficient (Wildman–Crippen LogP) is 8.99. The van der Waals surface area contributed by atoms with Crippen LogP contribution in [0.15, 0.2) is 158 Å². The molecule has 0 spiro atoms. The van der Waals surface area contributed by atoms with E-state index in [9.17, 15) is 0 Å². The van der Waals surface area contributed by atoms with Crippen LogP contribution in [-0.2, 0) is 0 Å². The number of hydrogen-bond acceptors (Lipinski definition) is 2. The Bertz CT molecular complexity index is 1550. The standard InChI is InChI=1S/C42H40N2/c1-3-11-29(12-4-1)31-19-23-33(24-20-31)43-39-17-9-7-15-35(39)37-27-28-38-36-16-8-10-18-40(36)44(42(38)41(37)43)34-25-21-32(22-26-34)30-13-5-2-6-14-30/h1-11,13,15-30,35-42H,12,14H2. The zero-order valence-electron chi connectivity index (χ0n) is 25.1. The fraction of sp³-hybridized carbons (Fsp3) is 0.286. The zero-order valence-corrected chi connectivity index (χ0v) is 25.1. The van der Waals surface area contributed by atoms with Crippen molar-refractivity contribution in [2.45, 2.75) is 48.8 Å². The minimum atomic E-state index is 0.367. The highest BCUT2D eigenvalue weighted by molar-refractivity contribution is 5.62. The fourth-order valence-electron chi connectivity index (χ4n) is 9.37. The number of benzene rings is 2. The molecule has 218 valence electrons. The lowest BCUT2D eigenvalue weighted by Crippen LogP contribution is -2.55. The van der Waals surface area contributed by atoms with Gasteiger partial charge in [-0.05, 0) is 48.2 Å². The van der Waals surface area contributed by atoms with Gasteiger partial charge in [-0.25, -0.2) is 0 Å². The Morgan fingerprint density at radius 3 is 1.20 bits per heavy atom. The van der Waals surface area contributed by atoms with Gasteiger partial charge < -0.3 is 9.80 Å². The van der Waals surface area contributed by atoms with Gasteiger partial charge in [0.1, 0.15) is 0 Å². The Kier molecular flexibility index (Phi) is 6.35. The van der Waals surface area contributed by atoms with E-state index >= 15 is 0 Å². The van der Waals surface area contributed by atoms with Gasteiger partial charge in [0.2, 0.25) is 0 Å². The van der Waals surface area contributed by atoms with Gasteiger partial charge in [0.15, 0.2) is 0 Å². The van der Waals surface area contributed by atoms with Gasteiger partial charge in [-0.2, -0.15) is 0 Å². The van der Waals surface area contributed by atoms with E-state index < -0.39 is 0 Å². The fourth-order valence-corrected chi connectivity index (χ4v) is 9.37. The van der Waals surface area contributed by atoms with Gasteiger partial charge in [0.25, 0.3) is 0 Å². The van der Waals surface area contributed by atoms with Gasteiger partial charge in [-0.3, -0.25) is 0 Å². The van der Waals surface area contributed by atoms with E-state index in [2.05, 4.69) is 168 Å². The summed E-state index contributed by atoms with van der Waals surface area (Å²) in [5, 5.41) is 0. The van der Waals surface area contributed by atoms with Crippen molar-refractivity contribution in [3.05, 3.63) is 169 Å². The minimum Gasteiger partial charge on any atom is -0.359 e. The normalized spacial score (nSPS) is 36.9. The third-order valence-corrected chi connectivity index (χ3v) is 11.4. The molecule has 9 rings (SSSR count). The first-order valence-corrected chi connectivity index (χ1v) is 16.7. The molecule has 0 amide bonds. The Labute approximate surface area is 262 Å². The van der Waals surface area contributed by atoms with E-state index in [0.29, 0.717) is 59.7 Å². The van der Waals surface area contributed by atoms with Crippen molar-refractivity contribution >= 4 is 11.4 Å². The summed E-state index contributed by atoms with van der Waals surface area (Å²) in [4.78, 5) is 5.62. The summed E-state index contributed by atoms with van der Waals surface area (Å²) in [6.07, 6.45) is 44.3. The van der Waals surface area contributed by atoms with Crippen LogP contribution < -0.4 is 9.80 Å². The lowest BCUT2D eigenvalue weighted by Gasteiger charge is -2.44. The summed E-state index contributed by atoms with van der Waals surface area (Å²) in [6.45, 7) is 0. The van der Waals surface area contributed by atoms with Crippen molar-refractivity contribution in [3.63, 3.8) is 0 Å². The largest absolute Gasteiger partial charge is 0.359 e. The molecule has 0 aromatic heterocycles. The second-order valence-electron chi connectivity index (χ2n) is 13.5. The topological polar surface area (TPSA) is 6.48 Å². The number of fused-ring (bicyclic) bond motifs is 7. The molecule has 10 atom stereocenters. The third kappa shape index (κ3) is 4.14. The predicted molar refractivity (Wildman–Crippen MR) is 184 cm³/mol. The van der Waals surface area contributed by atoms with Gasteiger partial charge in [0.05, 0.1) is 24.2 Å². The Balaban J connectivity index is 1.12. The van der Waals surface area contributed by atoms with E-state index in [1.807, 2.05) is 0 Å². The van der Waals surface area contributed by atoms with E-state index in [0.717, 1.165) is 12.8 Å². The molecule has 2 heterocycles. The van der Waals surface area contributed by atoms with Gasteiger partial charge >= 0.3 is 0 Å². The monoisotopic (exact) mass is 572 g/mol. The first-order chi connectivity index (χ1) is 21.8. The van der Waals surface area contributed by atoms with Gasteiger partial charge in [0, 0.05) is 46.9 Å². The van der Waals surface area contributed by atoms with Crippen molar-refractivity contribution in [1.82, 2.24) is 0 Å². The Morgan fingerprint density at radius 2 is 0.795 bits per heavy atom. The van der Waals surface area contributed by atoms with Crippen molar-refractivity contribution < 1.29 is 0 Å². The van der Waals surface area contributed by atoms with Crippen LogP contribution in [0.2, 0.25) is 0 Å². The summed E-state index contributed by atoms with van der Waals surface area (Å²) >= 11 is 0. The molecule has 44 heavy (non-hydrogen) atoms. The summed E-state index contributed by atoms with van der Waals surface area (Å²) in [6, 6.07) is 20.7. The summed E-state index contributed by atoms with van der Waals surface area (Å²) in [5.41, 5.74) is 5.53. The molecule has 7 aliphatic rings. The van der Waals surface area contributed by atoms with E-state index in [1.165, 1.54) is 22.5 Å². The first-order valence-electron chi connectivity index (χ1n) is 16.7. The maximum Gasteiger partial charge on any atom is 0.0575 e. The van der Waals surface area contributed by atoms with Crippen molar-refractivity contribution in [1.29, 1.82) is 0 Å². The molecule has 0 radical (unpaired) electrons. The molecule has 2 aromatic rings. The van der Waals surface area contributed by atoms with E-state index in [-0.39, 0.29) is 0 Å². The number of anilines is 2. The van der Waals surface area contributed by atoms with Crippen molar-refractivity contribution in [2.24, 2.45) is 23.7 Å². The van der Waals surface area contributed by atoms with Crippen LogP contribution in [0.25, 0.3) is 0 Å². The van der Waals surface area contributed by atoms with Crippen LogP contribution in [0.4, 0.5) is 11.4 Å². The van der Waals surface area contributed by atoms with Crippen molar-refractivity contribution in [2.75, 3.05) is 9.80 Å². The van der Waals surface area contributed by atoms with E-state index in [1.54, 1.807) is 0 Å². The maximum absolute atomic E-state index is 2.81. The highest BCUT2D eigenvalue weighted by Gasteiger charge is 2.59. The molecule has 10 unspecified atom stereocenters. The zero-order chi connectivity index (χ0) is 29.0. The van der Waals surface area contributed by atoms with Crippen LogP contribution in [0, 0.1) is 23.7 Å². The minimum absolute atomic E-state index is 0.367. The average Bonchev–Trinajstić information content (AvgIpc) is 3.62. The molecule has 2 heteroatoms. The van der Waals surface area contributed by atoms with Crippen LogP contribution in [-0.4, -0.2) is 24.2 Å². The lowest BCUT2D eigenvalue weighted by molar-refractivity contribution is 0.354. The third-order valence-electron chi connectivity index (χ3n) is 11.4. The molecular formula is C42H40N2. The smallest absolute Gasteiger partial charge is 0.0575 e. The summed E-state index contributed by atoms with van der Waals surface area (Å²) in [5.74, 6) is 2.87. The van der Waals surface area contributed by atoms with Crippen LogP contribution in [0.3, 0.4) is 0 Å². The van der Waals surface area contributed by atoms with Crippen LogP contribution in [0.5, 0.6) is 0 Å². The molecule has 0 bridgehead atoms. The molecular weight excluding hydrogens is 532 g/mol. The molecule has 0 N–H and O–H groups in total. The quantitative estimate of drug-likeness (QED) is 0.337. The SMILES string of the molecule is C1=CCC(c2ccc(N3C4C=CC=CC4C4C=CC5C6C=CC=CC6N(c6ccc(C7C=CC=CC7)cc6)C5C43)cc2)C=C1. The average molecular weight is 573 g/mol. The maximum atomic E-state index is 2.81. The highest BCUT2D eigenvalue weighted by Crippen LogP contribution is 2.54. The number of rotatable bonds is 4. The van der Waals surface area contributed by atoms with Crippen LogP contribution >= 0.6 is 0 Å².